The molecule has 0 aliphatic carbocycles. The highest BCUT2D eigenvalue weighted by Crippen LogP contribution is 2.25. The number of methoxy groups -OCH3 is 4. The molecule has 184 valence electrons. The maximum atomic E-state index is 5.42. The molecule has 0 spiro atoms. The van der Waals surface area contributed by atoms with Crippen molar-refractivity contribution in [3.05, 3.63) is 71.8 Å². The van der Waals surface area contributed by atoms with Gasteiger partial charge in [0, 0.05) is 23.3 Å². The summed E-state index contributed by atoms with van der Waals surface area (Å²) in [4.78, 5) is 9.28. The lowest BCUT2D eigenvalue weighted by Crippen LogP contribution is -2.03. The van der Waals surface area contributed by atoms with Crippen LogP contribution in [0.2, 0.25) is 0 Å². The third-order valence-electron chi connectivity index (χ3n) is 5.20. The molecule has 0 aliphatic heterocycles. The first-order chi connectivity index (χ1) is 17.6. The predicted molar refractivity (Wildman–Crippen MR) is 141 cm³/mol. The zero-order chi connectivity index (χ0) is 25.3. The van der Waals surface area contributed by atoms with E-state index in [2.05, 4.69) is 31.0 Å². The van der Waals surface area contributed by atoms with Gasteiger partial charge < -0.3 is 18.9 Å². The highest BCUT2D eigenvalue weighted by Gasteiger charge is 2.09. The molecule has 1 aromatic heterocycles. The van der Waals surface area contributed by atoms with Crippen molar-refractivity contribution in [3.8, 4) is 23.0 Å². The van der Waals surface area contributed by atoms with E-state index in [9.17, 15) is 0 Å². The summed E-state index contributed by atoms with van der Waals surface area (Å²) in [6.07, 6.45) is 3.26. The molecule has 0 amide bonds. The first-order valence-corrected chi connectivity index (χ1v) is 10.9. The Morgan fingerprint density at radius 3 is 1.44 bits per heavy atom. The normalized spacial score (nSPS) is 11.1. The van der Waals surface area contributed by atoms with Gasteiger partial charge in [-0.3, -0.25) is 10.9 Å². The summed E-state index contributed by atoms with van der Waals surface area (Å²) in [6.45, 7) is 0. The number of benzene rings is 3. The number of hydrogen-bond donors (Lipinski definition) is 2. The molecule has 0 fully saturated rings. The molecule has 1 heterocycles. The molecule has 4 aromatic rings. The minimum absolute atomic E-state index is 0.399. The van der Waals surface area contributed by atoms with Gasteiger partial charge >= 0.3 is 0 Å². The Balaban J connectivity index is 1.59. The van der Waals surface area contributed by atoms with Crippen LogP contribution in [0, 0.1) is 0 Å². The van der Waals surface area contributed by atoms with Crippen molar-refractivity contribution >= 4 is 35.1 Å². The lowest BCUT2D eigenvalue weighted by Gasteiger charge is -2.10. The standard InChI is InChI=1S/C26H26N6O4/c1-33-19-11-9-17(23(13-19)35-3)15-27-31-25-26(30-22-8-6-5-7-21(22)29-25)32-28-16-18-10-12-20(34-2)14-24(18)36-4/h5-16H,1-4H3,(H,29,31)(H,30,32)/b27-15+,28-16+. The Morgan fingerprint density at radius 1 is 0.611 bits per heavy atom. The number of hydrogen-bond acceptors (Lipinski definition) is 10. The third kappa shape index (κ3) is 5.61. The van der Waals surface area contributed by atoms with Gasteiger partial charge in [0.25, 0.3) is 0 Å². The number of hydrazone groups is 2. The van der Waals surface area contributed by atoms with Gasteiger partial charge in [-0.2, -0.15) is 10.2 Å². The lowest BCUT2D eigenvalue weighted by atomic mass is 10.2. The number of ether oxygens (including phenoxy) is 4. The highest BCUT2D eigenvalue weighted by molar-refractivity contribution is 5.86. The number of anilines is 2. The van der Waals surface area contributed by atoms with Gasteiger partial charge in [0.1, 0.15) is 23.0 Å². The number of nitrogens with one attached hydrogen (secondary N) is 2. The van der Waals surface area contributed by atoms with E-state index < -0.39 is 0 Å². The largest absolute Gasteiger partial charge is 0.497 e. The van der Waals surface area contributed by atoms with Crippen molar-refractivity contribution < 1.29 is 18.9 Å². The molecule has 2 N–H and O–H groups in total. The van der Waals surface area contributed by atoms with Gasteiger partial charge in [0.05, 0.1) is 51.9 Å². The maximum absolute atomic E-state index is 5.42. The van der Waals surface area contributed by atoms with Crippen molar-refractivity contribution in [2.45, 2.75) is 0 Å². The minimum Gasteiger partial charge on any atom is -0.497 e. The van der Waals surface area contributed by atoms with Crippen molar-refractivity contribution in [3.63, 3.8) is 0 Å². The molecule has 0 atom stereocenters. The molecule has 10 heteroatoms. The topological polar surface area (TPSA) is 111 Å². The number of para-hydroxylation sites is 2. The van der Waals surface area contributed by atoms with Crippen LogP contribution in [-0.2, 0) is 0 Å². The Hall–Kier alpha value is -4.86. The molecule has 4 rings (SSSR count). The number of aromatic nitrogens is 2. The number of fused-ring (bicyclic) bond motifs is 1. The summed E-state index contributed by atoms with van der Waals surface area (Å²) >= 11 is 0. The zero-order valence-corrected chi connectivity index (χ0v) is 20.4. The first kappa shape index (κ1) is 24.3. The summed E-state index contributed by atoms with van der Waals surface area (Å²) < 4.78 is 21.3. The fourth-order valence-corrected chi connectivity index (χ4v) is 3.33. The Morgan fingerprint density at radius 2 is 1.06 bits per heavy atom. The Labute approximate surface area is 208 Å². The van der Waals surface area contributed by atoms with Gasteiger partial charge in [0.2, 0.25) is 0 Å². The number of rotatable bonds is 10. The average Bonchev–Trinajstić information content (AvgIpc) is 2.93. The molecule has 0 bridgehead atoms. The average molecular weight is 487 g/mol. The number of nitrogens with zero attached hydrogens (tertiary/aromatic N) is 4. The quantitative estimate of drug-likeness (QED) is 0.248. The van der Waals surface area contributed by atoms with Crippen LogP contribution in [0.15, 0.2) is 70.9 Å². The molecular weight excluding hydrogens is 460 g/mol. The third-order valence-corrected chi connectivity index (χ3v) is 5.20. The summed E-state index contributed by atoms with van der Waals surface area (Å²) in [6, 6.07) is 18.5. The maximum Gasteiger partial charge on any atom is 0.192 e. The smallest absolute Gasteiger partial charge is 0.192 e. The van der Waals surface area contributed by atoms with Crippen LogP contribution >= 0.6 is 0 Å². The van der Waals surface area contributed by atoms with Crippen LogP contribution in [0.5, 0.6) is 23.0 Å². The van der Waals surface area contributed by atoms with Gasteiger partial charge in [-0.05, 0) is 36.4 Å². The van der Waals surface area contributed by atoms with Gasteiger partial charge in [0.15, 0.2) is 11.6 Å². The summed E-state index contributed by atoms with van der Waals surface area (Å²) in [7, 11) is 6.38. The lowest BCUT2D eigenvalue weighted by molar-refractivity contribution is 0.393. The second-order valence-electron chi connectivity index (χ2n) is 7.37. The van der Waals surface area contributed by atoms with E-state index in [4.69, 9.17) is 18.9 Å². The van der Waals surface area contributed by atoms with E-state index in [1.165, 1.54) is 0 Å². The molecule has 3 aromatic carbocycles. The van der Waals surface area contributed by atoms with E-state index in [1.54, 1.807) is 53.0 Å². The van der Waals surface area contributed by atoms with E-state index in [0.717, 1.165) is 11.1 Å². The minimum atomic E-state index is 0.399. The van der Waals surface area contributed by atoms with Gasteiger partial charge in [-0.1, -0.05) is 12.1 Å². The van der Waals surface area contributed by atoms with Crippen molar-refractivity contribution in [2.24, 2.45) is 10.2 Å². The van der Waals surface area contributed by atoms with Crippen LogP contribution in [0.3, 0.4) is 0 Å². The van der Waals surface area contributed by atoms with Gasteiger partial charge in [-0.25, -0.2) is 9.97 Å². The molecule has 0 radical (unpaired) electrons. The second-order valence-corrected chi connectivity index (χ2v) is 7.37. The van der Waals surface area contributed by atoms with E-state index in [1.807, 2.05) is 48.5 Å². The second kappa shape index (κ2) is 11.5. The van der Waals surface area contributed by atoms with E-state index in [-0.39, 0.29) is 0 Å². The van der Waals surface area contributed by atoms with Crippen molar-refractivity contribution in [1.82, 2.24) is 9.97 Å². The van der Waals surface area contributed by atoms with Crippen molar-refractivity contribution in [1.29, 1.82) is 0 Å². The highest BCUT2D eigenvalue weighted by atomic mass is 16.5. The van der Waals surface area contributed by atoms with Crippen LogP contribution < -0.4 is 29.8 Å². The van der Waals surface area contributed by atoms with Crippen molar-refractivity contribution in [2.75, 3.05) is 39.3 Å². The van der Waals surface area contributed by atoms with Crippen LogP contribution in [0.1, 0.15) is 11.1 Å². The van der Waals surface area contributed by atoms with Gasteiger partial charge in [-0.15, -0.1) is 0 Å². The fraction of sp³-hybridized carbons (Fsp3) is 0.154. The monoisotopic (exact) mass is 486 g/mol. The SMILES string of the molecule is COc1ccc(/C=N/Nc2nc3ccccc3nc2N/N=C/c2ccc(OC)cc2OC)c(OC)c1. The Kier molecular flexibility index (Phi) is 7.76. The molecule has 36 heavy (non-hydrogen) atoms. The van der Waals surface area contributed by atoms with Crippen LogP contribution in [0.25, 0.3) is 11.0 Å². The summed E-state index contributed by atoms with van der Waals surface area (Å²) in [5.41, 5.74) is 8.85. The zero-order valence-electron chi connectivity index (χ0n) is 20.4. The molecule has 10 nitrogen and oxygen atoms in total. The fourth-order valence-electron chi connectivity index (χ4n) is 3.33. The van der Waals surface area contributed by atoms with E-state index >= 15 is 0 Å². The molecular formula is C26H26N6O4. The molecule has 0 saturated carbocycles. The molecule has 0 saturated heterocycles. The first-order valence-electron chi connectivity index (χ1n) is 10.9. The molecule has 0 aliphatic rings. The van der Waals surface area contributed by atoms with Crippen LogP contribution in [0.4, 0.5) is 11.6 Å². The summed E-state index contributed by atoms with van der Waals surface area (Å²) in [5, 5.41) is 8.66. The van der Waals surface area contributed by atoms with E-state index in [0.29, 0.717) is 45.7 Å². The summed E-state index contributed by atoms with van der Waals surface area (Å²) in [5.74, 6) is 3.43. The van der Waals surface area contributed by atoms with Crippen LogP contribution in [-0.4, -0.2) is 50.8 Å². The Bertz CT molecular complexity index is 1300. The predicted octanol–water partition coefficient (Wildman–Crippen LogP) is 4.56. The molecule has 0 unspecified atom stereocenters.